The molecular weight excluding hydrogens is 318 g/mol. The van der Waals surface area contributed by atoms with Gasteiger partial charge >= 0.3 is 0 Å². The van der Waals surface area contributed by atoms with Crippen molar-refractivity contribution in [2.45, 2.75) is 32.9 Å². The summed E-state index contributed by atoms with van der Waals surface area (Å²) in [5.74, 6) is 1.83. The zero-order chi connectivity index (χ0) is 17.6. The van der Waals surface area contributed by atoms with E-state index in [1.165, 1.54) is 5.56 Å². The molecule has 1 aromatic rings. The van der Waals surface area contributed by atoms with Crippen molar-refractivity contribution in [2.24, 2.45) is 0 Å². The lowest BCUT2D eigenvalue weighted by Crippen LogP contribution is -2.53. The van der Waals surface area contributed by atoms with Crippen molar-refractivity contribution in [1.29, 1.82) is 0 Å². The van der Waals surface area contributed by atoms with E-state index in [0.717, 1.165) is 57.2 Å². The lowest BCUT2D eigenvalue weighted by atomic mass is 10.1. The van der Waals surface area contributed by atoms with Crippen LogP contribution in [-0.2, 0) is 11.3 Å². The van der Waals surface area contributed by atoms with Crippen molar-refractivity contribution in [3.63, 3.8) is 0 Å². The van der Waals surface area contributed by atoms with Gasteiger partial charge in [-0.1, -0.05) is 13.0 Å². The van der Waals surface area contributed by atoms with Crippen molar-refractivity contribution in [3.05, 3.63) is 23.8 Å². The number of benzene rings is 1. The van der Waals surface area contributed by atoms with E-state index in [9.17, 15) is 4.79 Å². The Morgan fingerprint density at radius 1 is 1.16 bits per heavy atom. The van der Waals surface area contributed by atoms with Crippen LogP contribution in [0.1, 0.15) is 25.8 Å². The molecule has 1 saturated heterocycles. The average Bonchev–Trinajstić information content (AvgIpc) is 2.66. The number of hydrogen-bond acceptors (Lipinski definition) is 5. The van der Waals surface area contributed by atoms with E-state index < -0.39 is 0 Å². The third-order valence-corrected chi connectivity index (χ3v) is 4.90. The molecule has 1 amide bonds. The Kier molecular flexibility index (Phi) is 6.15. The van der Waals surface area contributed by atoms with Crippen LogP contribution in [0.15, 0.2) is 18.2 Å². The summed E-state index contributed by atoms with van der Waals surface area (Å²) in [4.78, 5) is 16.8. The van der Waals surface area contributed by atoms with E-state index in [-0.39, 0.29) is 11.9 Å². The number of hydrogen-bond donors (Lipinski definition) is 1. The number of piperazine rings is 1. The number of fused-ring (bicyclic) bond motifs is 1. The van der Waals surface area contributed by atoms with Crippen LogP contribution in [0.2, 0.25) is 0 Å². The van der Waals surface area contributed by atoms with Gasteiger partial charge in [0.25, 0.3) is 0 Å². The number of ether oxygens (including phenoxy) is 2. The van der Waals surface area contributed by atoms with Crippen molar-refractivity contribution in [3.8, 4) is 11.5 Å². The van der Waals surface area contributed by atoms with Crippen LogP contribution in [-0.4, -0.2) is 67.7 Å². The molecule has 1 atom stereocenters. The molecular formula is C19H29N3O3. The standard InChI is InChI=1S/C19H29N3O3/c1-3-6-20-19(23)15(2)22-9-7-21(8-10-22)14-16-4-5-17-18(13-16)25-12-11-24-17/h4-5,13,15H,3,6-12,14H2,1-2H3,(H,20,23)/t15-/m0/s1. The molecule has 0 bridgehead atoms. The topological polar surface area (TPSA) is 54.0 Å². The first-order chi connectivity index (χ1) is 12.2. The van der Waals surface area contributed by atoms with Gasteiger partial charge < -0.3 is 14.8 Å². The van der Waals surface area contributed by atoms with Crippen LogP contribution in [0.4, 0.5) is 0 Å². The molecule has 0 saturated carbocycles. The third kappa shape index (κ3) is 4.64. The number of carbonyl (C=O) groups excluding carboxylic acids is 1. The number of nitrogens with one attached hydrogen (secondary N) is 1. The highest BCUT2D eigenvalue weighted by molar-refractivity contribution is 5.81. The van der Waals surface area contributed by atoms with Gasteiger partial charge in [-0.15, -0.1) is 0 Å². The Morgan fingerprint density at radius 2 is 1.88 bits per heavy atom. The molecule has 6 heteroatoms. The Balaban J connectivity index is 1.48. The molecule has 2 heterocycles. The summed E-state index contributed by atoms with van der Waals surface area (Å²) in [5, 5.41) is 2.99. The van der Waals surface area contributed by atoms with Gasteiger partial charge in [-0.3, -0.25) is 14.6 Å². The molecule has 1 fully saturated rings. The molecule has 0 unspecified atom stereocenters. The molecule has 0 radical (unpaired) electrons. The van der Waals surface area contributed by atoms with Crippen molar-refractivity contribution in [1.82, 2.24) is 15.1 Å². The predicted octanol–water partition coefficient (Wildman–Crippen LogP) is 1.49. The van der Waals surface area contributed by atoms with E-state index in [1.54, 1.807) is 0 Å². The van der Waals surface area contributed by atoms with Crippen LogP contribution in [0.3, 0.4) is 0 Å². The maximum absolute atomic E-state index is 12.1. The first-order valence-electron chi connectivity index (χ1n) is 9.30. The summed E-state index contributed by atoms with van der Waals surface area (Å²) in [5.41, 5.74) is 1.24. The van der Waals surface area contributed by atoms with Crippen molar-refractivity contribution < 1.29 is 14.3 Å². The smallest absolute Gasteiger partial charge is 0.237 e. The fourth-order valence-electron chi connectivity index (χ4n) is 3.31. The lowest BCUT2D eigenvalue weighted by Gasteiger charge is -2.37. The number of carbonyl (C=O) groups is 1. The van der Waals surface area contributed by atoms with Gasteiger partial charge in [0.15, 0.2) is 11.5 Å². The Bertz CT molecular complexity index is 585. The third-order valence-electron chi connectivity index (χ3n) is 4.90. The first kappa shape index (κ1) is 18.0. The molecule has 1 aromatic carbocycles. The van der Waals surface area contributed by atoms with Gasteiger partial charge in [0.05, 0.1) is 6.04 Å². The second kappa shape index (κ2) is 8.54. The van der Waals surface area contributed by atoms with Crippen LogP contribution >= 0.6 is 0 Å². The van der Waals surface area contributed by atoms with E-state index in [2.05, 4.69) is 34.2 Å². The summed E-state index contributed by atoms with van der Waals surface area (Å²) in [6.07, 6.45) is 0.974. The maximum Gasteiger partial charge on any atom is 0.237 e. The van der Waals surface area contributed by atoms with Gasteiger partial charge in [-0.05, 0) is 31.0 Å². The highest BCUT2D eigenvalue weighted by Gasteiger charge is 2.25. The number of nitrogens with zero attached hydrogens (tertiary/aromatic N) is 2. The largest absolute Gasteiger partial charge is 0.486 e. The van der Waals surface area contributed by atoms with E-state index in [1.807, 2.05) is 13.0 Å². The zero-order valence-electron chi connectivity index (χ0n) is 15.3. The zero-order valence-corrected chi connectivity index (χ0v) is 15.3. The lowest BCUT2D eigenvalue weighted by molar-refractivity contribution is -0.126. The summed E-state index contributed by atoms with van der Waals surface area (Å²) >= 11 is 0. The predicted molar refractivity (Wildman–Crippen MR) is 97.0 cm³/mol. The summed E-state index contributed by atoms with van der Waals surface area (Å²) in [6, 6.07) is 6.14. The molecule has 2 aliphatic heterocycles. The van der Waals surface area contributed by atoms with Crippen LogP contribution < -0.4 is 14.8 Å². The molecule has 2 aliphatic rings. The highest BCUT2D eigenvalue weighted by Crippen LogP contribution is 2.31. The van der Waals surface area contributed by atoms with E-state index in [4.69, 9.17) is 9.47 Å². The van der Waals surface area contributed by atoms with Crippen molar-refractivity contribution in [2.75, 3.05) is 45.9 Å². The number of rotatable bonds is 6. The molecule has 138 valence electrons. The Morgan fingerprint density at radius 3 is 2.60 bits per heavy atom. The number of amides is 1. The van der Waals surface area contributed by atoms with E-state index >= 15 is 0 Å². The van der Waals surface area contributed by atoms with Crippen LogP contribution in [0.5, 0.6) is 11.5 Å². The van der Waals surface area contributed by atoms with Crippen LogP contribution in [0, 0.1) is 0 Å². The average molecular weight is 347 g/mol. The minimum Gasteiger partial charge on any atom is -0.486 e. The molecule has 1 N–H and O–H groups in total. The minimum absolute atomic E-state index is 0.0528. The summed E-state index contributed by atoms with van der Waals surface area (Å²) in [7, 11) is 0. The summed E-state index contributed by atoms with van der Waals surface area (Å²) < 4.78 is 11.2. The fraction of sp³-hybridized carbons (Fsp3) is 0.632. The van der Waals surface area contributed by atoms with Gasteiger partial charge in [0.2, 0.25) is 5.91 Å². The second-order valence-corrected chi connectivity index (χ2v) is 6.76. The van der Waals surface area contributed by atoms with Gasteiger partial charge in [0.1, 0.15) is 13.2 Å². The SMILES string of the molecule is CCCNC(=O)[C@H](C)N1CCN(Cc2ccc3c(c2)OCCO3)CC1. The monoisotopic (exact) mass is 347 g/mol. The molecule has 6 nitrogen and oxygen atoms in total. The highest BCUT2D eigenvalue weighted by atomic mass is 16.6. The molecule has 0 spiro atoms. The molecule has 25 heavy (non-hydrogen) atoms. The molecule has 0 aromatic heterocycles. The van der Waals surface area contributed by atoms with Crippen LogP contribution in [0.25, 0.3) is 0 Å². The first-order valence-corrected chi connectivity index (χ1v) is 9.30. The van der Waals surface area contributed by atoms with Gasteiger partial charge in [0, 0.05) is 39.3 Å². The molecule has 0 aliphatic carbocycles. The fourth-order valence-corrected chi connectivity index (χ4v) is 3.31. The second-order valence-electron chi connectivity index (χ2n) is 6.76. The maximum atomic E-state index is 12.1. The summed E-state index contributed by atoms with van der Waals surface area (Å²) in [6.45, 7) is 10.8. The van der Waals surface area contributed by atoms with Crippen molar-refractivity contribution >= 4 is 5.91 Å². The Hall–Kier alpha value is -1.79. The molecule has 3 rings (SSSR count). The van der Waals surface area contributed by atoms with E-state index in [0.29, 0.717) is 13.2 Å². The normalized spacial score (nSPS) is 19.4. The Labute approximate surface area is 150 Å². The van der Waals surface area contributed by atoms with Gasteiger partial charge in [-0.25, -0.2) is 0 Å². The van der Waals surface area contributed by atoms with Gasteiger partial charge in [-0.2, -0.15) is 0 Å². The minimum atomic E-state index is -0.0528. The quantitative estimate of drug-likeness (QED) is 0.845.